The second-order valence-corrected chi connectivity index (χ2v) is 3.27. The standard InChI is InChI=1S/C6H7BrClN/c7-4-2-1-3-5(8)6(4)9/h3H,1-2,9H2. The minimum Gasteiger partial charge on any atom is -0.397 e. The fourth-order valence-electron chi connectivity index (χ4n) is 0.700. The van der Waals surface area contributed by atoms with E-state index in [0.717, 1.165) is 17.3 Å². The Morgan fingerprint density at radius 1 is 1.67 bits per heavy atom. The summed E-state index contributed by atoms with van der Waals surface area (Å²) < 4.78 is 1.02. The summed E-state index contributed by atoms with van der Waals surface area (Å²) in [6, 6.07) is 0. The molecule has 0 aromatic carbocycles. The highest BCUT2D eigenvalue weighted by Crippen LogP contribution is 2.27. The maximum absolute atomic E-state index is 5.71. The summed E-state index contributed by atoms with van der Waals surface area (Å²) >= 11 is 9.03. The third kappa shape index (κ3) is 1.49. The molecule has 2 N–H and O–H groups in total. The van der Waals surface area contributed by atoms with Crippen molar-refractivity contribution in [1.82, 2.24) is 0 Å². The third-order valence-corrected chi connectivity index (χ3v) is 2.42. The number of nitrogens with two attached hydrogens (primary N) is 1. The van der Waals surface area contributed by atoms with Gasteiger partial charge in [-0.3, -0.25) is 0 Å². The van der Waals surface area contributed by atoms with Crippen LogP contribution in [0.3, 0.4) is 0 Å². The van der Waals surface area contributed by atoms with Gasteiger partial charge in [-0.05, 0) is 12.8 Å². The molecule has 1 rings (SSSR count). The van der Waals surface area contributed by atoms with Crippen molar-refractivity contribution in [3.8, 4) is 0 Å². The number of halogens is 2. The largest absolute Gasteiger partial charge is 0.397 e. The van der Waals surface area contributed by atoms with E-state index in [1.54, 1.807) is 0 Å². The molecule has 9 heavy (non-hydrogen) atoms. The molecule has 0 atom stereocenters. The zero-order valence-corrected chi connectivity index (χ0v) is 7.17. The van der Waals surface area contributed by atoms with Crippen LogP contribution >= 0.6 is 27.5 Å². The van der Waals surface area contributed by atoms with E-state index in [1.165, 1.54) is 0 Å². The van der Waals surface area contributed by atoms with E-state index in [4.69, 9.17) is 17.3 Å². The Morgan fingerprint density at radius 3 is 2.78 bits per heavy atom. The van der Waals surface area contributed by atoms with Crippen LogP contribution in [0.15, 0.2) is 21.3 Å². The van der Waals surface area contributed by atoms with Gasteiger partial charge in [0.15, 0.2) is 0 Å². The molecule has 0 aliphatic heterocycles. The molecule has 0 aromatic rings. The molecule has 0 amide bonds. The Labute approximate surface area is 67.7 Å². The molecule has 0 unspecified atom stereocenters. The fourth-order valence-corrected chi connectivity index (χ4v) is 1.48. The fraction of sp³-hybridized carbons (Fsp3) is 0.333. The summed E-state index contributed by atoms with van der Waals surface area (Å²) in [6.45, 7) is 0. The molecule has 0 fully saturated rings. The zero-order valence-electron chi connectivity index (χ0n) is 4.82. The van der Waals surface area contributed by atoms with Gasteiger partial charge >= 0.3 is 0 Å². The van der Waals surface area contributed by atoms with Gasteiger partial charge in [0.2, 0.25) is 0 Å². The smallest absolute Gasteiger partial charge is 0.0603 e. The van der Waals surface area contributed by atoms with Crippen molar-refractivity contribution in [1.29, 1.82) is 0 Å². The zero-order chi connectivity index (χ0) is 6.85. The minimum absolute atomic E-state index is 0.674. The van der Waals surface area contributed by atoms with E-state index in [1.807, 2.05) is 6.08 Å². The van der Waals surface area contributed by atoms with Crippen molar-refractivity contribution in [2.45, 2.75) is 12.8 Å². The van der Waals surface area contributed by atoms with Crippen LogP contribution in [0.5, 0.6) is 0 Å². The summed E-state index contributed by atoms with van der Waals surface area (Å²) in [5.41, 5.74) is 6.24. The average Bonchev–Trinajstić information content (AvgIpc) is 1.83. The van der Waals surface area contributed by atoms with Gasteiger partial charge in [-0.25, -0.2) is 0 Å². The maximum Gasteiger partial charge on any atom is 0.0603 e. The SMILES string of the molecule is NC1=C(Br)CCC=C1Cl. The molecule has 50 valence electrons. The molecule has 0 heterocycles. The number of hydrogen-bond donors (Lipinski definition) is 1. The van der Waals surface area contributed by atoms with Gasteiger partial charge in [-0.2, -0.15) is 0 Å². The van der Waals surface area contributed by atoms with Crippen LogP contribution in [0.4, 0.5) is 0 Å². The Balaban J connectivity index is 2.88. The van der Waals surface area contributed by atoms with Gasteiger partial charge in [0, 0.05) is 4.48 Å². The highest BCUT2D eigenvalue weighted by molar-refractivity contribution is 9.11. The quantitative estimate of drug-likeness (QED) is 0.650. The third-order valence-electron chi connectivity index (χ3n) is 1.24. The molecule has 3 heteroatoms. The van der Waals surface area contributed by atoms with Gasteiger partial charge in [0.1, 0.15) is 0 Å². The average molecular weight is 208 g/mol. The highest BCUT2D eigenvalue weighted by atomic mass is 79.9. The first-order valence-electron chi connectivity index (χ1n) is 2.72. The predicted octanol–water partition coefficient (Wildman–Crippen LogP) is 2.47. The Bertz CT molecular complexity index is 183. The second kappa shape index (κ2) is 2.76. The van der Waals surface area contributed by atoms with Crippen LogP contribution in [-0.4, -0.2) is 0 Å². The molecule has 0 aromatic heterocycles. The number of rotatable bonds is 0. The van der Waals surface area contributed by atoms with Crippen molar-refractivity contribution in [3.05, 3.63) is 21.3 Å². The summed E-state index contributed by atoms with van der Waals surface area (Å²) in [6.07, 6.45) is 3.89. The van der Waals surface area contributed by atoms with Crippen molar-refractivity contribution >= 4 is 27.5 Å². The summed E-state index contributed by atoms with van der Waals surface area (Å²) in [5.74, 6) is 0. The topological polar surface area (TPSA) is 26.0 Å². The molecule has 0 saturated heterocycles. The van der Waals surface area contributed by atoms with Gasteiger partial charge in [0.25, 0.3) is 0 Å². The van der Waals surface area contributed by atoms with Crippen LogP contribution in [-0.2, 0) is 0 Å². The highest BCUT2D eigenvalue weighted by Gasteiger charge is 2.07. The van der Waals surface area contributed by atoms with E-state index in [9.17, 15) is 0 Å². The van der Waals surface area contributed by atoms with Gasteiger partial charge < -0.3 is 5.73 Å². The normalized spacial score (nSPS) is 20.0. The lowest BCUT2D eigenvalue weighted by Gasteiger charge is -2.08. The summed E-state index contributed by atoms with van der Waals surface area (Å²) in [4.78, 5) is 0. The molecule has 1 aliphatic rings. The first-order chi connectivity index (χ1) is 4.22. The lowest BCUT2D eigenvalue weighted by atomic mass is 10.1. The van der Waals surface area contributed by atoms with Crippen molar-refractivity contribution in [2.75, 3.05) is 0 Å². The summed E-state index contributed by atoms with van der Waals surface area (Å²) in [7, 11) is 0. The molecule has 1 nitrogen and oxygen atoms in total. The van der Waals surface area contributed by atoms with E-state index < -0.39 is 0 Å². The first kappa shape index (κ1) is 7.16. The number of allylic oxidation sites excluding steroid dienone is 3. The van der Waals surface area contributed by atoms with Crippen LogP contribution in [0.1, 0.15) is 12.8 Å². The van der Waals surface area contributed by atoms with Gasteiger partial charge in [0.05, 0.1) is 10.7 Å². The van der Waals surface area contributed by atoms with Crippen molar-refractivity contribution in [3.63, 3.8) is 0 Å². The van der Waals surface area contributed by atoms with E-state index in [-0.39, 0.29) is 0 Å². The number of hydrogen-bond acceptors (Lipinski definition) is 1. The molecule has 0 spiro atoms. The minimum atomic E-state index is 0.674. The van der Waals surface area contributed by atoms with E-state index in [2.05, 4.69) is 15.9 Å². The monoisotopic (exact) mass is 207 g/mol. The lowest BCUT2D eigenvalue weighted by Crippen LogP contribution is -2.02. The molecule has 0 radical (unpaired) electrons. The first-order valence-corrected chi connectivity index (χ1v) is 3.89. The Kier molecular flexibility index (Phi) is 2.19. The molecular formula is C6H7BrClN. The van der Waals surface area contributed by atoms with Crippen LogP contribution < -0.4 is 5.73 Å². The molecule has 0 bridgehead atoms. The van der Waals surface area contributed by atoms with Gasteiger partial charge in [-0.1, -0.05) is 33.6 Å². The van der Waals surface area contributed by atoms with Crippen LogP contribution in [0.25, 0.3) is 0 Å². The Hall–Kier alpha value is 0.0500. The van der Waals surface area contributed by atoms with E-state index >= 15 is 0 Å². The van der Waals surface area contributed by atoms with Crippen molar-refractivity contribution in [2.24, 2.45) is 5.73 Å². The second-order valence-electron chi connectivity index (χ2n) is 1.91. The maximum atomic E-state index is 5.71. The van der Waals surface area contributed by atoms with Crippen LogP contribution in [0, 0.1) is 0 Å². The predicted molar refractivity (Wildman–Crippen MR) is 43.3 cm³/mol. The van der Waals surface area contributed by atoms with Crippen molar-refractivity contribution < 1.29 is 0 Å². The van der Waals surface area contributed by atoms with Crippen LogP contribution in [0.2, 0.25) is 0 Å². The molecule has 1 aliphatic carbocycles. The van der Waals surface area contributed by atoms with E-state index in [0.29, 0.717) is 10.7 Å². The Morgan fingerprint density at radius 2 is 2.33 bits per heavy atom. The summed E-state index contributed by atoms with van der Waals surface area (Å²) in [5, 5.41) is 0.674. The molecular weight excluding hydrogens is 201 g/mol. The molecule has 0 saturated carbocycles. The van der Waals surface area contributed by atoms with Gasteiger partial charge in [-0.15, -0.1) is 0 Å². The lowest BCUT2D eigenvalue weighted by molar-refractivity contribution is 0.992.